The van der Waals surface area contributed by atoms with Gasteiger partial charge in [-0.2, -0.15) is 0 Å². The number of rotatable bonds is 1. The number of aryl methyl sites for hydroxylation is 1. The van der Waals surface area contributed by atoms with Crippen molar-refractivity contribution in [3.8, 4) is 11.3 Å². The minimum absolute atomic E-state index is 1.05. The average molecular weight is 500 g/mol. The van der Waals surface area contributed by atoms with Gasteiger partial charge in [-0.15, -0.1) is 0 Å². The number of aromatic nitrogens is 1. The maximum atomic E-state index is 4.87. The lowest BCUT2D eigenvalue weighted by atomic mass is 9.84. The van der Waals surface area contributed by atoms with Crippen LogP contribution in [-0.4, -0.2) is 4.98 Å². The van der Waals surface area contributed by atoms with Crippen molar-refractivity contribution in [3.63, 3.8) is 0 Å². The molecule has 7 aromatic rings. The van der Waals surface area contributed by atoms with E-state index in [9.17, 15) is 0 Å². The molecule has 0 spiro atoms. The number of nitrogens with zero attached hydrogens (tertiary/aromatic N) is 1. The lowest BCUT2D eigenvalue weighted by Gasteiger charge is -2.20. The molecule has 1 heterocycles. The van der Waals surface area contributed by atoms with Gasteiger partial charge in [-0.1, -0.05) is 128 Å². The minimum Gasteiger partial charge on any atom is -0.247 e. The van der Waals surface area contributed by atoms with Crippen LogP contribution in [-0.2, 0) is 6.42 Å². The Morgan fingerprint density at radius 3 is 1.97 bits per heavy atom. The average Bonchev–Trinajstić information content (AvgIpc) is 3.01. The molecule has 0 fully saturated rings. The summed E-state index contributed by atoms with van der Waals surface area (Å²) >= 11 is 0. The van der Waals surface area contributed by atoms with Gasteiger partial charge in [0.1, 0.15) is 0 Å². The molecular formula is C38H29N. The summed E-state index contributed by atoms with van der Waals surface area (Å²) in [5, 5.41) is 9.16. The van der Waals surface area contributed by atoms with E-state index in [0.29, 0.717) is 0 Å². The number of allylic oxidation sites excluding steroid dienone is 1. The summed E-state index contributed by atoms with van der Waals surface area (Å²) in [4.78, 5) is 4.87. The topological polar surface area (TPSA) is 12.9 Å². The number of fused-ring (bicyclic) bond motifs is 8. The van der Waals surface area contributed by atoms with Crippen LogP contribution < -0.4 is 0 Å². The van der Waals surface area contributed by atoms with Gasteiger partial charge in [-0.05, 0) is 69.0 Å². The third-order valence-corrected chi connectivity index (χ3v) is 7.98. The normalized spacial score (nSPS) is 12.9. The number of hydrogen-bond donors (Lipinski definition) is 0. The van der Waals surface area contributed by atoms with Gasteiger partial charge in [0.05, 0.1) is 11.2 Å². The van der Waals surface area contributed by atoms with Crippen LogP contribution >= 0.6 is 0 Å². The van der Waals surface area contributed by atoms with Crippen LogP contribution in [0.15, 0.2) is 134 Å². The molecule has 0 atom stereocenters. The molecule has 1 heteroatoms. The fourth-order valence-corrected chi connectivity index (χ4v) is 6.08. The Morgan fingerprint density at radius 2 is 1.13 bits per heavy atom. The summed E-state index contributed by atoms with van der Waals surface area (Å²) in [6, 6.07) is 44.9. The molecule has 0 amide bonds. The van der Waals surface area contributed by atoms with Gasteiger partial charge >= 0.3 is 0 Å². The summed E-state index contributed by atoms with van der Waals surface area (Å²) in [5.74, 6) is 0. The number of pyridine rings is 1. The van der Waals surface area contributed by atoms with Gasteiger partial charge in [0, 0.05) is 16.3 Å². The third-order valence-electron chi connectivity index (χ3n) is 7.98. The van der Waals surface area contributed by atoms with Crippen LogP contribution in [0.2, 0.25) is 0 Å². The lowest BCUT2D eigenvalue weighted by molar-refractivity contribution is 0.830. The first-order valence-corrected chi connectivity index (χ1v) is 13.7. The molecule has 1 aromatic heterocycles. The van der Waals surface area contributed by atoms with Gasteiger partial charge in [0.2, 0.25) is 0 Å². The summed E-state index contributed by atoms with van der Waals surface area (Å²) in [6.45, 7) is 4.22. The first-order valence-electron chi connectivity index (χ1n) is 13.7. The highest BCUT2D eigenvalue weighted by molar-refractivity contribution is 6.11. The molecule has 1 aliphatic carbocycles. The number of para-hydroxylation sites is 1. The molecule has 0 aliphatic heterocycles. The van der Waals surface area contributed by atoms with E-state index < -0.39 is 0 Å². The summed E-state index contributed by atoms with van der Waals surface area (Å²) in [7, 11) is 0. The van der Waals surface area contributed by atoms with Crippen molar-refractivity contribution < 1.29 is 0 Å². The molecule has 0 saturated heterocycles. The van der Waals surface area contributed by atoms with Crippen LogP contribution in [0.1, 0.15) is 24.0 Å². The molecule has 39 heavy (non-hydrogen) atoms. The van der Waals surface area contributed by atoms with Gasteiger partial charge in [0.15, 0.2) is 0 Å². The van der Waals surface area contributed by atoms with Crippen LogP contribution in [0.3, 0.4) is 0 Å². The maximum absolute atomic E-state index is 4.87. The van der Waals surface area contributed by atoms with E-state index in [0.717, 1.165) is 23.2 Å². The Morgan fingerprint density at radius 1 is 0.487 bits per heavy atom. The molecular weight excluding hydrogens is 470 g/mol. The van der Waals surface area contributed by atoms with E-state index in [1.165, 1.54) is 67.2 Å². The van der Waals surface area contributed by atoms with E-state index in [1.54, 1.807) is 0 Å². The minimum atomic E-state index is 1.05. The van der Waals surface area contributed by atoms with E-state index in [1.807, 2.05) is 12.1 Å². The highest BCUT2D eigenvalue weighted by atomic mass is 14.7. The first kappa shape index (κ1) is 23.4. The SMILES string of the molecule is C=C1CCCc2c1ccc1c2ccc2ccccc21.c1ccc(-c2nc3ccccc3c3ccccc23)cc1. The van der Waals surface area contributed by atoms with Crippen LogP contribution in [0.5, 0.6) is 0 Å². The second-order valence-electron chi connectivity index (χ2n) is 10.3. The van der Waals surface area contributed by atoms with Gasteiger partial charge in [-0.3, -0.25) is 0 Å². The second kappa shape index (κ2) is 9.85. The Hall–Kier alpha value is -4.75. The smallest absolute Gasteiger partial charge is 0.0788 e. The fraction of sp³-hybridized carbons (Fsp3) is 0.0789. The zero-order valence-electron chi connectivity index (χ0n) is 21.9. The van der Waals surface area contributed by atoms with Crippen molar-refractivity contribution in [1.82, 2.24) is 4.98 Å². The molecule has 8 rings (SSSR count). The van der Waals surface area contributed by atoms with Crippen molar-refractivity contribution >= 4 is 48.8 Å². The molecule has 0 saturated carbocycles. The van der Waals surface area contributed by atoms with E-state index in [2.05, 4.69) is 122 Å². The third kappa shape index (κ3) is 4.17. The monoisotopic (exact) mass is 499 g/mol. The lowest BCUT2D eigenvalue weighted by Crippen LogP contribution is -2.01. The zero-order valence-corrected chi connectivity index (χ0v) is 21.9. The van der Waals surface area contributed by atoms with Gasteiger partial charge in [0.25, 0.3) is 0 Å². The highest BCUT2D eigenvalue weighted by Crippen LogP contribution is 2.37. The van der Waals surface area contributed by atoms with Gasteiger partial charge < -0.3 is 0 Å². The summed E-state index contributed by atoms with van der Waals surface area (Å²) in [6.07, 6.45) is 3.56. The number of benzene rings is 6. The van der Waals surface area contributed by atoms with Crippen molar-refractivity contribution in [2.75, 3.05) is 0 Å². The number of hydrogen-bond acceptors (Lipinski definition) is 1. The van der Waals surface area contributed by atoms with Crippen molar-refractivity contribution in [2.45, 2.75) is 19.3 Å². The fourth-order valence-electron chi connectivity index (χ4n) is 6.08. The van der Waals surface area contributed by atoms with Crippen molar-refractivity contribution in [3.05, 3.63) is 145 Å². The highest BCUT2D eigenvalue weighted by Gasteiger charge is 2.16. The first-order chi connectivity index (χ1) is 19.3. The molecule has 0 radical (unpaired) electrons. The predicted molar refractivity (Wildman–Crippen MR) is 168 cm³/mol. The predicted octanol–water partition coefficient (Wildman–Crippen LogP) is 10.4. The van der Waals surface area contributed by atoms with Crippen LogP contribution in [0.4, 0.5) is 0 Å². The van der Waals surface area contributed by atoms with Crippen molar-refractivity contribution in [1.29, 1.82) is 0 Å². The Balaban J connectivity index is 0.000000130. The standard InChI is InChI=1S/C19H13N.C19H16/c1-2-8-14(9-3-1)19-17-12-5-4-10-15(17)16-11-6-7-13-18(16)20-19;1-13-5-4-8-17-15(13)11-12-18-16-7-3-2-6-14(16)9-10-19(17)18/h1-13H;2-3,6-7,9-12H,1,4-5,8H2. The zero-order chi connectivity index (χ0) is 26.2. The van der Waals surface area contributed by atoms with E-state index >= 15 is 0 Å². The molecule has 186 valence electrons. The second-order valence-corrected chi connectivity index (χ2v) is 10.3. The quantitative estimate of drug-likeness (QED) is 0.205. The molecule has 0 bridgehead atoms. The van der Waals surface area contributed by atoms with Crippen LogP contribution in [0, 0.1) is 0 Å². The van der Waals surface area contributed by atoms with Crippen molar-refractivity contribution in [2.24, 2.45) is 0 Å². The molecule has 0 N–H and O–H groups in total. The summed E-state index contributed by atoms with van der Waals surface area (Å²) in [5.41, 5.74) is 7.45. The molecule has 6 aromatic carbocycles. The van der Waals surface area contributed by atoms with E-state index in [4.69, 9.17) is 4.98 Å². The molecule has 1 nitrogen and oxygen atoms in total. The largest absolute Gasteiger partial charge is 0.247 e. The molecule has 0 unspecified atom stereocenters. The Bertz CT molecular complexity index is 2000. The maximum Gasteiger partial charge on any atom is 0.0788 e. The molecule has 1 aliphatic rings. The van der Waals surface area contributed by atoms with Gasteiger partial charge in [-0.25, -0.2) is 4.98 Å². The summed E-state index contributed by atoms with van der Waals surface area (Å²) < 4.78 is 0. The van der Waals surface area contributed by atoms with Crippen LogP contribution in [0.25, 0.3) is 60.1 Å². The Labute approximate surface area is 229 Å². The Kier molecular flexibility index (Phi) is 5.90. The van der Waals surface area contributed by atoms with E-state index in [-0.39, 0.29) is 0 Å².